The minimum Gasteiger partial charge on any atom is -0.375 e. The van der Waals surface area contributed by atoms with Crippen LogP contribution in [0.1, 0.15) is 25.1 Å². The zero-order chi connectivity index (χ0) is 11.8. The number of halogens is 1. The lowest BCUT2D eigenvalue weighted by atomic mass is 9.82. The summed E-state index contributed by atoms with van der Waals surface area (Å²) >= 11 is 1.42. The van der Waals surface area contributed by atoms with Crippen molar-refractivity contribution >= 4 is 16.5 Å². The van der Waals surface area contributed by atoms with E-state index in [0.717, 1.165) is 11.3 Å². The van der Waals surface area contributed by atoms with Crippen LogP contribution >= 0.6 is 11.3 Å². The van der Waals surface area contributed by atoms with Crippen molar-refractivity contribution in [2.45, 2.75) is 19.3 Å². The molecule has 0 aliphatic carbocycles. The Morgan fingerprint density at radius 3 is 2.38 bits per heavy atom. The van der Waals surface area contributed by atoms with Gasteiger partial charge in [0.25, 0.3) is 0 Å². The summed E-state index contributed by atoms with van der Waals surface area (Å²) in [6.07, 6.45) is 0. The molecule has 0 spiro atoms. The first kappa shape index (κ1) is 11.1. The Labute approximate surface area is 97.9 Å². The number of benzene rings is 1. The van der Waals surface area contributed by atoms with Gasteiger partial charge in [0.2, 0.25) is 0 Å². The third-order valence-corrected chi connectivity index (χ3v) is 3.40. The second-order valence-electron chi connectivity index (χ2n) is 4.20. The fraction of sp³-hybridized carbons (Fsp3) is 0.250. The van der Waals surface area contributed by atoms with E-state index in [9.17, 15) is 4.39 Å². The topological polar surface area (TPSA) is 38.9 Å². The van der Waals surface area contributed by atoms with E-state index in [1.165, 1.54) is 23.5 Å². The SMILES string of the molecule is CC(C)(c1ccc(F)cc1)c1csc(N)n1. The maximum absolute atomic E-state index is 12.8. The molecule has 84 valence electrons. The Bertz CT molecular complexity index is 488. The van der Waals surface area contributed by atoms with E-state index in [1.54, 1.807) is 12.1 Å². The van der Waals surface area contributed by atoms with Gasteiger partial charge in [-0.25, -0.2) is 9.37 Å². The number of rotatable bonds is 2. The Morgan fingerprint density at radius 2 is 1.88 bits per heavy atom. The first-order valence-corrected chi connectivity index (χ1v) is 5.85. The number of anilines is 1. The lowest BCUT2D eigenvalue weighted by molar-refractivity contribution is 0.606. The summed E-state index contributed by atoms with van der Waals surface area (Å²) < 4.78 is 12.8. The third kappa shape index (κ3) is 1.93. The quantitative estimate of drug-likeness (QED) is 0.869. The number of aromatic nitrogens is 1. The van der Waals surface area contributed by atoms with E-state index in [1.807, 2.05) is 5.38 Å². The van der Waals surface area contributed by atoms with Crippen LogP contribution in [0.5, 0.6) is 0 Å². The van der Waals surface area contributed by atoms with Crippen LogP contribution < -0.4 is 5.73 Å². The van der Waals surface area contributed by atoms with Gasteiger partial charge in [0, 0.05) is 10.8 Å². The molecular weight excluding hydrogens is 223 g/mol. The van der Waals surface area contributed by atoms with Crippen molar-refractivity contribution in [3.8, 4) is 0 Å². The van der Waals surface area contributed by atoms with Crippen molar-refractivity contribution in [2.24, 2.45) is 0 Å². The van der Waals surface area contributed by atoms with Gasteiger partial charge in [-0.15, -0.1) is 11.3 Å². The largest absolute Gasteiger partial charge is 0.375 e. The molecule has 0 saturated heterocycles. The summed E-state index contributed by atoms with van der Waals surface area (Å²) in [7, 11) is 0. The molecule has 2 nitrogen and oxygen atoms in total. The molecule has 0 fully saturated rings. The van der Waals surface area contributed by atoms with Crippen molar-refractivity contribution in [3.05, 3.63) is 46.7 Å². The first-order valence-electron chi connectivity index (χ1n) is 4.97. The van der Waals surface area contributed by atoms with E-state index in [4.69, 9.17) is 5.73 Å². The molecule has 16 heavy (non-hydrogen) atoms. The Morgan fingerprint density at radius 1 is 1.25 bits per heavy atom. The highest BCUT2D eigenvalue weighted by Gasteiger charge is 2.25. The van der Waals surface area contributed by atoms with Gasteiger partial charge in [0.05, 0.1) is 5.69 Å². The van der Waals surface area contributed by atoms with E-state index in [-0.39, 0.29) is 11.2 Å². The molecule has 0 radical (unpaired) electrons. The monoisotopic (exact) mass is 236 g/mol. The molecule has 1 aromatic carbocycles. The zero-order valence-electron chi connectivity index (χ0n) is 9.20. The van der Waals surface area contributed by atoms with Crippen molar-refractivity contribution in [3.63, 3.8) is 0 Å². The molecule has 1 aromatic heterocycles. The molecule has 0 aliphatic rings. The molecule has 2 N–H and O–H groups in total. The van der Waals surface area contributed by atoms with E-state index in [2.05, 4.69) is 18.8 Å². The standard InChI is InChI=1S/C12H13FN2S/c1-12(2,10-7-16-11(14)15-10)8-3-5-9(13)6-4-8/h3-7H,1-2H3,(H2,14,15). The average molecular weight is 236 g/mol. The van der Waals surface area contributed by atoms with Crippen LogP contribution in [-0.2, 0) is 5.41 Å². The number of hydrogen-bond acceptors (Lipinski definition) is 3. The van der Waals surface area contributed by atoms with Crippen LogP contribution in [0.4, 0.5) is 9.52 Å². The van der Waals surface area contributed by atoms with Crippen LogP contribution in [0.25, 0.3) is 0 Å². The molecular formula is C12H13FN2S. The summed E-state index contributed by atoms with van der Waals surface area (Å²) in [6.45, 7) is 4.10. The van der Waals surface area contributed by atoms with Crippen molar-refractivity contribution in [1.29, 1.82) is 0 Å². The Balaban J connectivity index is 2.42. The van der Waals surface area contributed by atoms with E-state index >= 15 is 0 Å². The van der Waals surface area contributed by atoms with Crippen LogP contribution in [-0.4, -0.2) is 4.98 Å². The number of nitrogens with two attached hydrogens (primary N) is 1. The van der Waals surface area contributed by atoms with Crippen LogP contribution in [0, 0.1) is 5.82 Å². The predicted molar refractivity (Wildman–Crippen MR) is 65.1 cm³/mol. The maximum Gasteiger partial charge on any atom is 0.180 e. The predicted octanol–water partition coefficient (Wildman–Crippen LogP) is 3.19. The summed E-state index contributed by atoms with van der Waals surface area (Å²) in [5.41, 5.74) is 7.32. The minimum absolute atomic E-state index is 0.225. The molecule has 2 aromatic rings. The highest BCUT2D eigenvalue weighted by Crippen LogP contribution is 2.32. The molecule has 4 heteroatoms. The van der Waals surface area contributed by atoms with Crippen molar-refractivity contribution in [2.75, 3.05) is 5.73 Å². The summed E-state index contributed by atoms with van der Waals surface area (Å²) in [4.78, 5) is 4.28. The number of hydrogen-bond donors (Lipinski definition) is 1. The first-order chi connectivity index (χ1) is 7.50. The van der Waals surface area contributed by atoms with Gasteiger partial charge in [-0.1, -0.05) is 26.0 Å². The van der Waals surface area contributed by atoms with Crippen LogP contribution in [0.15, 0.2) is 29.6 Å². The zero-order valence-corrected chi connectivity index (χ0v) is 10.0. The minimum atomic E-state index is -0.248. The highest BCUT2D eigenvalue weighted by atomic mass is 32.1. The second-order valence-corrected chi connectivity index (χ2v) is 5.09. The smallest absolute Gasteiger partial charge is 0.180 e. The van der Waals surface area contributed by atoms with Gasteiger partial charge in [0.1, 0.15) is 5.82 Å². The van der Waals surface area contributed by atoms with E-state index in [0.29, 0.717) is 5.13 Å². The molecule has 0 unspecified atom stereocenters. The molecule has 2 rings (SSSR count). The van der Waals surface area contributed by atoms with Gasteiger partial charge in [-0.2, -0.15) is 0 Å². The van der Waals surface area contributed by atoms with Gasteiger partial charge >= 0.3 is 0 Å². The summed E-state index contributed by atoms with van der Waals surface area (Å²) in [5.74, 6) is -0.225. The van der Waals surface area contributed by atoms with Crippen molar-refractivity contribution in [1.82, 2.24) is 4.98 Å². The molecule has 0 amide bonds. The van der Waals surface area contributed by atoms with Gasteiger partial charge in [-0.05, 0) is 17.7 Å². The maximum atomic E-state index is 12.8. The Kier molecular flexibility index (Phi) is 2.68. The average Bonchev–Trinajstić information content (AvgIpc) is 2.66. The van der Waals surface area contributed by atoms with Gasteiger partial charge in [0.15, 0.2) is 5.13 Å². The second kappa shape index (κ2) is 3.87. The Hall–Kier alpha value is -1.42. The fourth-order valence-electron chi connectivity index (χ4n) is 1.59. The number of thiazole rings is 1. The van der Waals surface area contributed by atoms with Gasteiger partial charge in [-0.3, -0.25) is 0 Å². The lowest BCUT2D eigenvalue weighted by Gasteiger charge is -2.23. The lowest BCUT2D eigenvalue weighted by Crippen LogP contribution is -2.19. The fourth-order valence-corrected chi connectivity index (χ4v) is 2.32. The van der Waals surface area contributed by atoms with Crippen LogP contribution in [0.3, 0.4) is 0 Å². The van der Waals surface area contributed by atoms with E-state index < -0.39 is 0 Å². The number of nitrogen functional groups attached to an aromatic ring is 1. The summed E-state index contributed by atoms with van der Waals surface area (Å²) in [5, 5.41) is 2.50. The number of nitrogens with zero attached hydrogens (tertiary/aromatic N) is 1. The third-order valence-electron chi connectivity index (χ3n) is 2.73. The molecule has 0 aliphatic heterocycles. The van der Waals surface area contributed by atoms with Crippen LogP contribution in [0.2, 0.25) is 0 Å². The molecule has 0 bridgehead atoms. The normalized spacial score (nSPS) is 11.7. The van der Waals surface area contributed by atoms with Gasteiger partial charge < -0.3 is 5.73 Å². The molecule has 0 saturated carbocycles. The summed E-state index contributed by atoms with van der Waals surface area (Å²) in [6, 6.07) is 6.50. The highest BCUT2D eigenvalue weighted by molar-refractivity contribution is 7.13. The molecule has 1 heterocycles. The van der Waals surface area contributed by atoms with Crippen molar-refractivity contribution < 1.29 is 4.39 Å². The molecule has 0 atom stereocenters.